The van der Waals surface area contributed by atoms with Crippen LogP contribution in [-0.4, -0.2) is 118 Å². The molecule has 1 aromatic rings. The number of carboxylic acids is 2. The summed E-state index contributed by atoms with van der Waals surface area (Å²) in [5.41, 5.74) is 1.93. The lowest BCUT2D eigenvalue weighted by atomic mass is 10.0. The number of benzene rings is 1. The minimum absolute atomic E-state index is 0.0388. The van der Waals surface area contributed by atoms with Crippen LogP contribution in [0.4, 0.5) is 0 Å². The van der Waals surface area contributed by atoms with Crippen LogP contribution in [0, 0.1) is 0 Å². The van der Waals surface area contributed by atoms with Gasteiger partial charge in [0.15, 0.2) is 0 Å². The summed E-state index contributed by atoms with van der Waals surface area (Å²) in [5.74, 6) is -2.45. The van der Waals surface area contributed by atoms with Crippen molar-refractivity contribution in [2.24, 2.45) is 0 Å². The molecule has 1 saturated heterocycles. The summed E-state index contributed by atoms with van der Waals surface area (Å²) in [4.78, 5) is 64.9. The highest BCUT2D eigenvalue weighted by atomic mass is 16.4. The summed E-state index contributed by atoms with van der Waals surface area (Å²) in [6, 6.07) is 7.75. The molecule has 0 spiro atoms. The van der Waals surface area contributed by atoms with E-state index in [0.29, 0.717) is 52.2 Å². The molecule has 1 fully saturated rings. The SMILES string of the molecule is O=C(O)CN1CCN(CC(=O)O)CCN(Cc2ccc(CC(=O)CCCN3C(=O)C=CC3=O)cc2)CC1. The van der Waals surface area contributed by atoms with E-state index in [9.17, 15) is 34.2 Å². The van der Waals surface area contributed by atoms with Crippen LogP contribution in [0.3, 0.4) is 0 Å². The molecule has 11 heteroatoms. The van der Waals surface area contributed by atoms with Crippen LogP contribution in [0.2, 0.25) is 0 Å². The van der Waals surface area contributed by atoms with Gasteiger partial charge in [-0.1, -0.05) is 24.3 Å². The van der Waals surface area contributed by atoms with Crippen molar-refractivity contribution in [1.29, 1.82) is 0 Å². The first-order valence-corrected chi connectivity index (χ1v) is 12.4. The predicted molar refractivity (Wildman–Crippen MR) is 134 cm³/mol. The monoisotopic (exact) mass is 514 g/mol. The van der Waals surface area contributed by atoms with Gasteiger partial charge in [0.1, 0.15) is 5.78 Å². The van der Waals surface area contributed by atoms with E-state index in [1.165, 1.54) is 12.2 Å². The van der Waals surface area contributed by atoms with E-state index in [0.717, 1.165) is 16.0 Å². The lowest BCUT2D eigenvalue weighted by Crippen LogP contribution is -2.40. The number of amides is 2. The van der Waals surface area contributed by atoms with E-state index in [1.54, 1.807) is 0 Å². The molecule has 2 aliphatic heterocycles. The second kappa shape index (κ2) is 13.8. The number of Topliss-reactive ketones (excluding diaryl/α,β-unsaturated/α-hetero) is 1. The smallest absolute Gasteiger partial charge is 0.317 e. The summed E-state index contributed by atoms with van der Waals surface area (Å²) in [5, 5.41) is 18.4. The molecule has 0 saturated carbocycles. The van der Waals surface area contributed by atoms with Gasteiger partial charge in [0, 0.05) is 77.4 Å². The van der Waals surface area contributed by atoms with Crippen molar-refractivity contribution < 1.29 is 34.2 Å². The van der Waals surface area contributed by atoms with Crippen molar-refractivity contribution in [3.05, 3.63) is 47.5 Å². The molecule has 0 atom stereocenters. The second-order valence-corrected chi connectivity index (χ2v) is 9.41. The number of imide groups is 1. The number of hydrogen-bond acceptors (Lipinski definition) is 8. The molecule has 3 rings (SSSR count). The maximum absolute atomic E-state index is 12.4. The van der Waals surface area contributed by atoms with Crippen LogP contribution in [0.25, 0.3) is 0 Å². The third-order valence-corrected chi connectivity index (χ3v) is 6.48. The molecule has 0 radical (unpaired) electrons. The fraction of sp³-hybridized carbons (Fsp3) is 0.500. The molecule has 11 nitrogen and oxygen atoms in total. The van der Waals surface area contributed by atoms with Crippen LogP contribution < -0.4 is 0 Å². The summed E-state index contributed by atoms with van der Waals surface area (Å²) in [7, 11) is 0. The lowest BCUT2D eigenvalue weighted by Gasteiger charge is -2.25. The zero-order chi connectivity index (χ0) is 26.8. The Morgan fingerprint density at radius 1 is 0.703 bits per heavy atom. The van der Waals surface area contributed by atoms with E-state index in [2.05, 4.69) is 4.90 Å². The number of carbonyl (C=O) groups excluding carboxylic acids is 3. The summed E-state index contributed by atoms with van der Waals surface area (Å²) < 4.78 is 0. The number of ketones is 1. The molecule has 0 aromatic heterocycles. The van der Waals surface area contributed by atoms with Crippen molar-refractivity contribution >= 4 is 29.5 Å². The average Bonchev–Trinajstić information content (AvgIpc) is 3.19. The summed E-state index contributed by atoms with van der Waals surface area (Å²) >= 11 is 0. The number of hydrogen-bond donors (Lipinski definition) is 2. The van der Waals surface area contributed by atoms with Crippen molar-refractivity contribution in [3.8, 4) is 0 Å². The van der Waals surface area contributed by atoms with Crippen LogP contribution >= 0.6 is 0 Å². The number of aliphatic carboxylic acids is 2. The van der Waals surface area contributed by atoms with E-state index in [-0.39, 0.29) is 50.1 Å². The Balaban J connectivity index is 1.50. The summed E-state index contributed by atoms with van der Waals surface area (Å²) in [6.45, 7) is 4.15. The van der Waals surface area contributed by atoms with Crippen LogP contribution in [0.5, 0.6) is 0 Å². The minimum Gasteiger partial charge on any atom is -0.480 e. The third kappa shape index (κ3) is 9.52. The Hall–Kier alpha value is -3.41. The van der Waals surface area contributed by atoms with Gasteiger partial charge < -0.3 is 10.2 Å². The van der Waals surface area contributed by atoms with E-state index >= 15 is 0 Å². The summed E-state index contributed by atoms with van der Waals surface area (Å²) in [6.07, 6.45) is 3.46. The van der Waals surface area contributed by atoms with Crippen molar-refractivity contribution in [2.75, 3.05) is 58.9 Å². The Kier molecular flexibility index (Phi) is 10.5. The standard InChI is InChI=1S/C26H34N4O7/c31-22(2-1-9-30-23(32)7-8-24(30)33)16-20-3-5-21(6-4-20)17-27-10-12-28(18-25(34)35)14-15-29(13-11-27)19-26(36)37/h3-8H,1-2,9-19H2,(H,34,35)(H,36,37). The zero-order valence-electron chi connectivity index (χ0n) is 20.9. The quantitative estimate of drug-likeness (QED) is 0.369. The molecular formula is C26H34N4O7. The Bertz CT molecular complexity index is 978. The van der Waals surface area contributed by atoms with Gasteiger partial charge in [-0.05, 0) is 17.5 Å². The van der Waals surface area contributed by atoms with Crippen molar-refractivity contribution in [2.45, 2.75) is 25.8 Å². The van der Waals surface area contributed by atoms with Gasteiger partial charge in [0.05, 0.1) is 13.1 Å². The molecule has 37 heavy (non-hydrogen) atoms. The highest BCUT2D eigenvalue weighted by molar-refractivity contribution is 6.12. The van der Waals surface area contributed by atoms with E-state index < -0.39 is 11.9 Å². The highest BCUT2D eigenvalue weighted by Crippen LogP contribution is 2.12. The molecule has 1 aromatic carbocycles. The fourth-order valence-electron chi connectivity index (χ4n) is 4.46. The number of rotatable bonds is 12. The Morgan fingerprint density at radius 2 is 1.16 bits per heavy atom. The number of nitrogens with zero attached hydrogens (tertiary/aromatic N) is 4. The molecule has 2 amide bonds. The van der Waals surface area contributed by atoms with Crippen LogP contribution in [0.1, 0.15) is 24.0 Å². The van der Waals surface area contributed by atoms with Crippen molar-refractivity contribution in [1.82, 2.24) is 19.6 Å². The molecule has 0 aliphatic carbocycles. The van der Waals surface area contributed by atoms with Crippen LogP contribution in [0.15, 0.2) is 36.4 Å². The van der Waals surface area contributed by atoms with E-state index in [1.807, 2.05) is 34.1 Å². The molecule has 2 aliphatic rings. The van der Waals surface area contributed by atoms with Gasteiger partial charge >= 0.3 is 11.9 Å². The first-order valence-electron chi connectivity index (χ1n) is 12.4. The zero-order valence-corrected chi connectivity index (χ0v) is 20.9. The van der Waals surface area contributed by atoms with Gasteiger partial charge in [0.2, 0.25) is 0 Å². The lowest BCUT2D eigenvalue weighted by molar-refractivity contribution is -0.140. The average molecular weight is 515 g/mol. The maximum atomic E-state index is 12.4. The van der Waals surface area contributed by atoms with Gasteiger partial charge in [0.25, 0.3) is 11.8 Å². The normalized spacial score (nSPS) is 18.0. The molecule has 0 bridgehead atoms. The second-order valence-electron chi connectivity index (χ2n) is 9.41. The number of carboxylic acid groups (broad SMARTS) is 2. The van der Waals surface area contributed by atoms with Gasteiger partial charge in [-0.25, -0.2) is 0 Å². The number of carbonyl (C=O) groups is 5. The Morgan fingerprint density at radius 3 is 1.65 bits per heavy atom. The third-order valence-electron chi connectivity index (χ3n) is 6.48. The molecule has 200 valence electrons. The highest BCUT2D eigenvalue weighted by Gasteiger charge is 2.23. The maximum Gasteiger partial charge on any atom is 0.317 e. The first kappa shape index (κ1) is 28.2. The molecule has 2 heterocycles. The molecule has 0 unspecified atom stereocenters. The van der Waals surface area contributed by atoms with E-state index in [4.69, 9.17) is 0 Å². The minimum atomic E-state index is -0.907. The first-order chi connectivity index (χ1) is 17.7. The molecular weight excluding hydrogens is 480 g/mol. The van der Waals surface area contributed by atoms with Crippen LogP contribution in [-0.2, 0) is 36.9 Å². The van der Waals surface area contributed by atoms with Gasteiger partial charge in [-0.2, -0.15) is 0 Å². The Labute approximate surface area is 215 Å². The fourth-order valence-corrected chi connectivity index (χ4v) is 4.46. The molecule has 2 N–H and O–H groups in total. The van der Waals surface area contributed by atoms with Gasteiger partial charge in [-0.15, -0.1) is 0 Å². The van der Waals surface area contributed by atoms with Gasteiger partial charge in [-0.3, -0.25) is 43.6 Å². The largest absolute Gasteiger partial charge is 0.480 e. The predicted octanol–water partition coefficient (Wildman–Crippen LogP) is 0.0922. The topological polar surface area (TPSA) is 139 Å². The van der Waals surface area contributed by atoms with Crippen molar-refractivity contribution in [3.63, 3.8) is 0 Å².